The molecule has 0 atom stereocenters. The van der Waals surface area contributed by atoms with Crippen molar-refractivity contribution < 1.29 is 9.53 Å². The minimum Gasteiger partial charge on any atom is -0.484 e. The van der Waals surface area contributed by atoms with Crippen LogP contribution in [-0.4, -0.2) is 55.1 Å². The molecular weight excluding hydrogens is 274 g/mol. The van der Waals surface area contributed by atoms with Gasteiger partial charge in [0, 0.05) is 49.4 Å². The topological polar surface area (TPSA) is 67.6 Å². The molecular formula is C14H21N3O2S. The van der Waals surface area contributed by atoms with Crippen LogP contribution < -0.4 is 15.8 Å². The molecule has 1 heterocycles. The number of carbonyl (C=O) groups is 1. The summed E-state index contributed by atoms with van der Waals surface area (Å²) in [6, 6.07) is 7.08. The highest BCUT2D eigenvalue weighted by molar-refractivity contribution is 7.99. The molecule has 1 aliphatic heterocycles. The van der Waals surface area contributed by atoms with E-state index in [0.29, 0.717) is 18.0 Å². The van der Waals surface area contributed by atoms with Crippen LogP contribution in [0.4, 0.5) is 5.69 Å². The second-order valence-electron chi connectivity index (χ2n) is 4.67. The average molecular weight is 295 g/mol. The van der Waals surface area contributed by atoms with E-state index in [0.717, 1.165) is 19.6 Å². The lowest BCUT2D eigenvalue weighted by atomic mass is 10.3. The molecule has 0 saturated carbocycles. The van der Waals surface area contributed by atoms with Gasteiger partial charge in [0.05, 0.1) is 0 Å². The van der Waals surface area contributed by atoms with Gasteiger partial charge in [0.1, 0.15) is 5.75 Å². The summed E-state index contributed by atoms with van der Waals surface area (Å²) in [7, 11) is 0. The van der Waals surface area contributed by atoms with Gasteiger partial charge in [-0.2, -0.15) is 11.8 Å². The second-order valence-corrected chi connectivity index (χ2v) is 5.89. The van der Waals surface area contributed by atoms with Gasteiger partial charge in [-0.3, -0.25) is 9.69 Å². The number of amides is 1. The van der Waals surface area contributed by atoms with Crippen LogP contribution in [0, 0.1) is 0 Å². The number of rotatable bonds is 6. The molecule has 2 rings (SSSR count). The molecule has 1 amide bonds. The number of anilines is 1. The van der Waals surface area contributed by atoms with Gasteiger partial charge in [0.15, 0.2) is 6.61 Å². The summed E-state index contributed by atoms with van der Waals surface area (Å²) in [4.78, 5) is 14.0. The highest BCUT2D eigenvalue weighted by atomic mass is 32.2. The van der Waals surface area contributed by atoms with Gasteiger partial charge in [0.2, 0.25) is 0 Å². The Morgan fingerprint density at radius 2 is 2.20 bits per heavy atom. The van der Waals surface area contributed by atoms with Crippen molar-refractivity contribution in [3.05, 3.63) is 24.3 Å². The molecule has 1 aromatic carbocycles. The number of carbonyl (C=O) groups excluding carboxylic acids is 1. The Bertz CT molecular complexity index is 436. The lowest BCUT2D eigenvalue weighted by Gasteiger charge is -2.25. The molecule has 1 saturated heterocycles. The van der Waals surface area contributed by atoms with E-state index >= 15 is 0 Å². The molecule has 0 aliphatic carbocycles. The predicted octanol–water partition coefficient (Wildman–Crippen LogP) is 0.813. The van der Waals surface area contributed by atoms with Gasteiger partial charge in [0.25, 0.3) is 5.91 Å². The molecule has 0 bridgehead atoms. The van der Waals surface area contributed by atoms with Crippen molar-refractivity contribution in [2.45, 2.75) is 0 Å². The molecule has 3 N–H and O–H groups in total. The Kier molecular flexibility index (Phi) is 6.01. The van der Waals surface area contributed by atoms with E-state index in [1.54, 1.807) is 24.3 Å². The first-order valence-corrected chi connectivity index (χ1v) is 7.94. The van der Waals surface area contributed by atoms with Crippen LogP contribution in [-0.2, 0) is 4.79 Å². The number of benzene rings is 1. The zero-order valence-corrected chi connectivity index (χ0v) is 12.3. The third-order valence-corrected chi connectivity index (χ3v) is 4.02. The van der Waals surface area contributed by atoms with Crippen LogP contribution in [0.5, 0.6) is 5.75 Å². The maximum absolute atomic E-state index is 11.7. The molecule has 0 radical (unpaired) electrons. The summed E-state index contributed by atoms with van der Waals surface area (Å²) >= 11 is 1.99. The molecule has 0 aromatic heterocycles. The minimum atomic E-state index is -0.0983. The van der Waals surface area contributed by atoms with Crippen LogP contribution in [0.15, 0.2) is 24.3 Å². The summed E-state index contributed by atoms with van der Waals surface area (Å²) in [5.41, 5.74) is 6.27. The number of nitrogens with two attached hydrogens (primary N) is 1. The van der Waals surface area contributed by atoms with Gasteiger partial charge >= 0.3 is 0 Å². The molecule has 1 aliphatic rings. The van der Waals surface area contributed by atoms with E-state index in [4.69, 9.17) is 10.5 Å². The quantitative estimate of drug-likeness (QED) is 0.760. The maximum Gasteiger partial charge on any atom is 0.257 e. The molecule has 0 unspecified atom stereocenters. The first-order valence-electron chi connectivity index (χ1n) is 6.79. The number of ether oxygens (including phenoxy) is 1. The zero-order chi connectivity index (χ0) is 14.2. The van der Waals surface area contributed by atoms with Gasteiger partial charge in [-0.05, 0) is 12.1 Å². The van der Waals surface area contributed by atoms with Crippen molar-refractivity contribution >= 4 is 23.4 Å². The van der Waals surface area contributed by atoms with E-state index in [9.17, 15) is 4.79 Å². The van der Waals surface area contributed by atoms with E-state index in [-0.39, 0.29) is 12.5 Å². The lowest BCUT2D eigenvalue weighted by molar-refractivity contribution is -0.123. The Morgan fingerprint density at radius 1 is 1.40 bits per heavy atom. The Balaban J connectivity index is 1.60. The monoisotopic (exact) mass is 295 g/mol. The van der Waals surface area contributed by atoms with Gasteiger partial charge in [-0.25, -0.2) is 0 Å². The van der Waals surface area contributed by atoms with Crippen LogP contribution in [0.1, 0.15) is 0 Å². The summed E-state index contributed by atoms with van der Waals surface area (Å²) < 4.78 is 5.38. The minimum absolute atomic E-state index is 0.0271. The van der Waals surface area contributed by atoms with Crippen LogP contribution >= 0.6 is 11.8 Å². The van der Waals surface area contributed by atoms with Crippen molar-refractivity contribution in [1.29, 1.82) is 0 Å². The predicted molar refractivity (Wildman–Crippen MR) is 83.1 cm³/mol. The molecule has 0 spiro atoms. The van der Waals surface area contributed by atoms with Crippen LogP contribution in [0.3, 0.4) is 0 Å². The van der Waals surface area contributed by atoms with Crippen molar-refractivity contribution in [3.8, 4) is 5.75 Å². The molecule has 20 heavy (non-hydrogen) atoms. The first kappa shape index (κ1) is 15.0. The fourth-order valence-corrected chi connectivity index (χ4v) is 2.96. The molecule has 6 heteroatoms. The van der Waals surface area contributed by atoms with E-state index in [1.165, 1.54) is 11.5 Å². The van der Waals surface area contributed by atoms with E-state index < -0.39 is 0 Å². The molecule has 5 nitrogen and oxygen atoms in total. The molecule has 1 fully saturated rings. The molecule has 1 aromatic rings. The number of thioether (sulfide) groups is 1. The largest absolute Gasteiger partial charge is 0.484 e. The maximum atomic E-state index is 11.7. The Labute approximate surface area is 123 Å². The lowest BCUT2D eigenvalue weighted by Crippen LogP contribution is -2.40. The van der Waals surface area contributed by atoms with Crippen LogP contribution in [0.2, 0.25) is 0 Å². The van der Waals surface area contributed by atoms with Crippen LogP contribution in [0.25, 0.3) is 0 Å². The SMILES string of the molecule is Nc1cccc(OCC(=O)NCCN2CCSCC2)c1. The number of nitrogens with one attached hydrogen (secondary N) is 1. The van der Waals surface area contributed by atoms with Crippen molar-refractivity contribution in [2.75, 3.05) is 50.0 Å². The van der Waals surface area contributed by atoms with Gasteiger partial charge in [-0.1, -0.05) is 6.07 Å². The van der Waals surface area contributed by atoms with Gasteiger partial charge in [-0.15, -0.1) is 0 Å². The highest BCUT2D eigenvalue weighted by Crippen LogP contribution is 2.14. The summed E-state index contributed by atoms with van der Waals surface area (Å²) in [5, 5.41) is 2.87. The summed E-state index contributed by atoms with van der Waals surface area (Å²) in [6.45, 7) is 3.83. The number of nitrogens with zero attached hydrogens (tertiary/aromatic N) is 1. The van der Waals surface area contributed by atoms with E-state index in [2.05, 4.69) is 10.2 Å². The summed E-state index contributed by atoms with van der Waals surface area (Å²) in [6.07, 6.45) is 0. The fourth-order valence-electron chi connectivity index (χ4n) is 1.98. The van der Waals surface area contributed by atoms with E-state index in [1.807, 2.05) is 11.8 Å². The number of hydrogen-bond donors (Lipinski definition) is 2. The third kappa shape index (κ3) is 5.30. The zero-order valence-electron chi connectivity index (χ0n) is 11.5. The number of nitrogen functional groups attached to an aromatic ring is 1. The van der Waals surface area contributed by atoms with Gasteiger partial charge < -0.3 is 15.8 Å². The normalized spacial score (nSPS) is 15.8. The van der Waals surface area contributed by atoms with Crippen molar-refractivity contribution in [2.24, 2.45) is 0 Å². The Morgan fingerprint density at radius 3 is 2.95 bits per heavy atom. The smallest absolute Gasteiger partial charge is 0.257 e. The fraction of sp³-hybridized carbons (Fsp3) is 0.500. The standard InChI is InChI=1S/C14H21N3O2S/c15-12-2-1-3-13(10-12)19-11-14(18)16-4-5-17-6-8-20-9-7-17/h1-3,10H,4-9,11,15H2,(H,16,18). The van der Waals surface area contributed by atoms with Crippen molar-refractivity contribution in [1.82, 2.24) is 10.2 Å². The second kappa shape index (κ2) is 8.01. The first-order chi connectivity index (χ1) is 9.74. The highest BCUT2D eigenvalue weighted by Gasteiger charge is 2.10. The summed E-state index contributed by atoms with van der Waals surface area (Å²) in [5.74, 6) is 2.89. The average Bonchev–Trinajstić information content (AvgIpc) is 2.46. The number of hydrogen-bond acceptors (Lipinski definition) is 5. The Hall–Kier alpha value is -1.40. The third-order valence-electron chi connectivity index (χ3n) is 3.08. The molecule has 110 valence electrons. The van der Waals surface area contributed by atoms with Crippen molar-refractivity contribution in [3.63, 3.8) is 0 Å².